The van der Waals surface area contributed by atoms with E-state index in [1.54, 1.807) is 4.68 Å². The van der Waals surface area contributed by atoms with Gasteiger partial charge in [0.25, 0.3) is 0 Å². The van der Waals surface area contributed by atoms with Crippen molar-refractivity contribution < 1.29 is 4.79 Å². The Bertz CT molecular complexity index is 574. The van der Waals surface area contributed by atoms with Crippen molar-refractivity contribution in [2.75, 3.05) is 0 Å². The zero-order valence-corrected chi connectivity index (χ0v) is 12.0. The van der Waals surface area contributed by atoms with E-state index in [4.69, 9.17) is 11.6 Å². The van der Waals surface area contributed by atoms with E-state index in [1.165, 1.54) is 17.7 Å². The maximum absolute atomic E-state index is 12.2. The van der Waals surface area contributed by atoms with Gasteiger partial charge >= 0.3 is 0 Å². The molecule has 0 fully saturated rings. The zero-order chi connectivity index (χ0) is 13.3. The average Bonchev–Trinajstić information content (AvgIpc) is 2.88. The maximum Gasteiger partial charge on any atom is 0.181 e. The molecule has 2 rings (SSSR count). The number of nitrogens with zero attached hydrogens (tertiary/aromatic N) is 3. The van der Waals surface area contributed by atoms with Gasteiger partial charge in [0.05, 0.1) is 16.3 Å². The summed E-state index contributed by atoms with van der Waals surface area (Å²) >= 11 is 7.47. The molecule has 2 aromatic rings. The summed E-state index contributed by atoms with van der Waals surface area (Å²) in [7, 11) is 0. The fourth-order valence-corrected chi connectivity index (χ4v) is 2.91. The Morgan fingerprint density at radius 3 is 2.83 bits per heavy atom. The van der Waals surface area contributed by atoms with Crippen LogP contribution in [0, 0.1) is 6.92 Å². The number of Topliss-reactive ketones (excluding diaryl/α,β-unsaturated/α-hetero) is 1. The predicted molar refractivity (Wildman–Crippen MR) is 72.5 cm³/mol. The molecule has 0 amide bonds. The first-order valence-corrected chi connectivity index (χ1v) is 6.91. The fraction of sp³-hybridized carbons (Fsp3) is 0.417. The van der Waals surface area contributed by atoms with Gasteiger partial charge in [0.15, 0.2) is 5.78 Å². The van der Waals surface area contributed by atoms with Crippen LogP contribution in [-0.2, 0) is 6.42 Å². The summed E-state index contributed by atoms with van der Waals surface area (Å²) in [5.74, 6) is 0.671. The van der Waals surface area contributed by atoms with E-state index < -0.39 is 0 Å². The van der Waals surface area contributed by atoms with Crippen LogP contribution in [0.2, 0.25) is 5.02 Å². The molecule has 4 nitrogen and oxygen atoms in total. The van der Waals surface area contributed by atoms with Crippen molar-refractivity contribution in [1.82, 2.24) is 14.8 Å². The number of hydrogen-bond donors (Lipinski definition) is 0. The van der Waals surface area contributed by atoms with Crippen molar-refractivity contribution in [2.45, 2.75) is 33.2 Å². The second kappa shape index (κ2) is 5.20. The molecule has 2 aromatic heterocycles. The second-order valence-corrected chi connectivity index (χ2v) is 5.63. The maximum atomic E-state index is 12.2. The van der Waals surface area contributed by atoms with E-state index >= 15 is 0 Å². The summed E-state index contributed by atoms with van der Waals surface area (Å²) in [5.41, 5.74) is 0.940. The van der Waals surface area contributed by atoms with Crippen molar-refractivity contribution >= 4 is 28.7 Å². The van der Waals surface area contributed by atoms with Gasteiger partial charge in [0.2, 0.25) is 0 Å². The van der Waals surface area contributed by atoms with Gasteiger partial charge in [-0.15, -0.1) is 11.3 Å². The number of carbonyl (C=O) groups excluding carboxylic acids is 1. The topological polar surface area (TPSA) is 47.8 Å². The normalized spacial score (nSPS) is 11.2. The monoisotopic (exact) mass is 283 g/mol. The molecule has 0 aliphatic rings. The van der Waals surface area contributed by atoms with Gasteiger partial charge in [-0.05, 0) is 31.7 Å². The van der Waals surface area contributed by atoms with Crippen molar-refractivity contribution in [3.05, 3.63) is 33.0 Å². The highest BCUT2D eigenvalue weighted by Crippen LogP contribution is 2.28. The van der Waals surface area contributed by atoms with Gasteiger partial charge in [-0.1, -0.05) is 11.6 Å². The average molecular weight is 284 g/mol. The molecular weight excluding hydrogens is 270 g/mol. The van der Waals surface area contributed by atoms with E-state index in [2.05, 4.69) is 10.1 Å². The molecule has 0 atom stereocenters. The third-order valence-corrected chi connectivity index (χ3v) is 4.35. The summed E-state index contributed by atoms with van der Waals surface area (Å²) in [6.45, 7) is 5.90. The molecule has 0 saturated heterocycles. The first kappa shape index (κ1) is 13.2. The fourth-order valence-electron chi connectivity index (χ4n) is 1.67. The van der Waals surface area contributed by atoms with E-state index in [0.29, 0.717) is 15.7 Å². The third kappa shape index (κ3) is 2.47. The smallest absolute Gasteiger partial charge is 0.181 e. The first-order chi connectivity index (χ1) is 8.50. The van der Waals surface area contributed by atoms with Crippen LogP contribution in [0.1, 0.15) is 40.9 Å². The number of carbonyl (C=O) groups is 1. The van der Waals surface area contributed by atoms with Crippen LogP contribution in [0.5, 0.6) is 0 Å². The number of halogens is 1. The Morgan fingerprint density at radius 1 is 1.56 bits per heavy atom. The number of rotatable bonds is 4. The van der Waals surface area contributed by atoms with Gasteiger partial charge in [0, 0.05) is 6.04 Å². The van der Waals surface area contributed by atoms with Gasteiger partial charge < -0.3 is 0 Å². The molecule has 0 N–H and O–H groups in total. The molecule has 18 heavy (non-hydrogen) atoms. The Hall–Kier alpha value is -1.20. The predicted octanol–water partition coefficient (Wildman–Crippen LogP) is 3.31. The molecule has 0 unspecified atom stereocenters. The van der Waals surface area contributed by atoms with Crippen LogP contribution < -0.4 is 0 Å². The van der Waals surface area contributed by atoms with Gasteiger partial charge in [-0.2, -0.15) is 5.10 Å². The second-order valence-electron chi connectivity index (χ2n) is 4.38. The molecular formula is C12H14ClN3OS. The van der Waals surface area contributed by atoms with E-state index in [1.807, 2.05) is 26.2 Å². The highest BCUT2D eigenvalue weighted by molar-refractivity contribution is 7.13. The van der Waals surface area contributed by atoms with Crippen LogP contribution in [0.15, 0.2) is 11.7 Å². The number of hydrogen-bond acceptors (Lipinski definition) is 4. The Balaban J connectivity index is 2.22. The molecule has 0 radical (unpaired) electrons. The zero-order valence-electron chi connectivity index (χ0n) is 10.5. The largest absolute Gasteiger partial charge is 0.293 e. The molecule has 0 aliphatic carbocycles. The van der Waals surface area contributed by atoms with Crippen LogP contribution >= 0.6 is 22.9 Å². The van der Waals surface area contributed by atoms with E-state index in [0.717, 1.165) is 5.56 Å². The molecule has 0 bridgehead atoms. The summed E-state index contributed by atoms with van der Waals surface area (Å²) in [4.78, 5) is 16.9. The van der Waals surface area contributed by atoms with Crippen LogP contribution in [0.3, 0.4) is 0 Å². The lowest BCUT2D eigenvalue weighted by Crippen LogP contribution is -2.12. The summed E-state index contributed by atoms with van der Waals surface area (Å²) < 4.78 is 1.76. The third-order valence-electron chi connectivity index (χ3n) is 2.61. The molecule has 6 heteroatoms. The quantitative estimate of drug-likeness (QED) is 0.809. The minimum Gasteiger partial charge on any atom is -0.293 e. The highest BCUT2D eigenvalue weighted by Gasteiger charge is 2.18. The molecule has 0 spiro atoms. The SMILES string of the molecule is Cc1csc(C(=O)Cc2ncnn2C(C)C)c1Cl. The van der Waals surface area contributed by atoms with Crippen molar-refractivity contribution in [2.24, 2.45) is 0 Å². The van der Waals surface area contributed by atoms with E-state index in [9.17, 15) is 4.79 Å². The summed E-state index contributed by atoms with van der Waals surface area (Å²) in [6, 6.07) is 0.191. The Kier molecular flexibility index (Phi) is 3.82. The highest BCUT2D eigenvalue weighted by atomic mass is 35.5. The summed E-state index contributed by atoms with van der Waals surface area (Å²) in [6.07, 6.45) is 1.71. The lowest BCUT2D eigenvalue weighted by Gasteiger charge is -2.08. The van der Waals surface area contributed by atoms with Gasteiger partial charge in [-0.3, -0.25) is 4.79 Å². The van der Waals surface area contributed by atoms with Crippen molar-refractivity contribution in [3.8, 4) is 0 Å². The van der Waals surface area contributed by atoms with E-state index in [-0.39, 0.29) is 18.2 Å². The minimum atomic E-state index is -0.00648. The molecule has 0 saturated carbocycles. The van der Waals surface area contributed by atoms with Crippen molar-refractivity contribution in [3.63, 3.8) is 0 Å². The van der Waals surface area contributed by atoms with Crippen LogP contribution in [-0.4, -0.2) is 20.5 Å². The van der Waals surface area contributed by atoms with Crippen LogP contribution in [0.4, 0.5) is 0 Å². The van der Waals surface area contributed by atoms with Crippen LogP contribution in [0.25, 0.3) is 0 Å². The molecule has 0 aromatic carbocycles. The number of thiophene rings is 1. The number of aromatic nitrogens is 3. The van der Waals surface area contributed by atoms with Gasteiger partial charge in [-0.25, -0.2) is 9.67 Å². The standard InChI is InChI=1S/C12H14ClN3OS/c1-7(2)16-10(14-6-15-16)4-9(17)12-11(13)8(3)5-18-12/h5-7H,4H2,1-3H3. The summed E-state index contributed by atoms with van der Waals surface area (Å²) in [5, 5.41) is 6.56. The first-order valence-electron chi connectivity index (χ1n) is 5.66. The lowest BCUT2D eigenvalue weighted by molar-refractivity contribution is 0.0993. The lowest BCUT2D eigenvalue weighted by atomic mass is 10.2. The number of aryl methyl sites for hydroxylation is 1. The Morgan fingerprint density at radius 2 is 2.28 bits per heavy atom. The minimum absolute atomic E-state index is 0.00648. The molecule has 96 valence electrons. The number of ketones is 1. The Labute approximate surface area is 115 Å². The molecule has 2 heterocycles. The molecule has 0 aliphatic heterocycles. The van der Waals surface area contributed by atoms with Gasteiger partial charge in [0.1, 0.15) is 12.2 Å². The van der Waals surface area contributed by atoms with Crippen molar-refractivity contribution in [1.29, 1.82) is 0 Å².